The Hall–Kier alpha value is -4.04. The SMILES string of the molecule is COc1cc(C2N=C(SCC(=O)Nc3ccc(C(C)=O)cc3)NC(=O)C2C#N)cc(OC)c1OC. The molecule has 0 fully saturated rings. The molecule has 1 heterocycles. The van der Waals surface area contributed by atoms with Gasteiger partial charge in [0.1, 0.15) is 6.04 Å². The molecule has 2 N–H and O–H groups in total. The smallest absolute Gasteiger partial charge is 0.245 e. The van der Waals surface area contributed by atoms with Crippen molar-refractivity contribution in [2.24, 2.45) is 10.9 Å². The van der Waals surface area contributed by atoms with Gasteiger partial charge in [0, 0.05) is 11.3 Å². The highest BCUT2D eigenvalue weighted by molar-refractivity contribution is 8.14. The molecule has 1 aliphatic rings. The Balaban J connectivity index is 1.79. The number of rotatable bonds is 8. The third kappa shape index (κ3) is 5.91. The van der Waals surface area contributed by atoms with E-state index in [1.165, 1.54) is 28.3 Å². The summed E-state index contributed by atoms with van der Waals surface area (Å²) in [6.07, 6.45) is 0. The molecule has 0 bridgehead atoms. The lowest BCUT2D eigenvalue weighted by Crippen LogP contribution is -2.41. The van der Waals surface area contributed by atoms with Crippen molar-refractivity contribution >= 4 is 40.2 Å². The van der Waals surface area contributed by atoms with Crippen LogP contribution < -0.4 is 24.8 Å². The molecule has 0 aliphatic carbocycles. The summed E-state index contributed by atoms with van der Waals surface area (Å²) in [7, 11) is 4.41. The van der Waals surface area contributed by atoms with E-state index in [9.17, 15) is 19.6 Å². The van der Waals surface area contributed by atoms with E-state index >= 15 is 0 Å². The maximum atomic E-state index is 12.6. The van der Waals surface area contributed by atoms with Crippen LogP contribution in [0.5, 0.6) is 17.2 Å². The molecule has 2 aromatic rings. The standard InChI is InChI=1S/C24H24N4O6S/c1-13(29)14-5-7-16(8-6-14)26-20(30)12-35-24-27-21(17(11-25)23(31)28-24)15-9-18(32-2)22(34-4)19(10-15)33-3/h5-10,17,21H,12H2,1-4H3,(H,26,30)(H,27,28,31). The van der Waals surface area contributed by atoms with Crippen molar-refractivity contribution in [3.8, 4) is 23.3 Å². The summed E-state index contributed by atoms with van der Waals surface area (Å²) in [5.41, 5.74) is 1.60. The number of benzene rings is 2. The fraction of sp³-hybridized carbons (Fsp3) is 0.292. The van der Waals surface area contributed by atoms with Gasteiger partial charge in [0.15, 0.2) is 28.4 Å². The molecule has 0 saturated carbocycles. The molecule has 2 aromatic carbocycles. The molecule has 0 radical (unpaired) electrons. The van der Waals surface area contributed by atoms with Crippen molar-refractivity contribution in [3.63, 3.8) is 0 Å². The number of hydrogen-bond acceptors (Lipinski definition) is 9. The molecule has 1 aliphatic heterocycles. The van der Waals surface area contributed by atoms with Gasteiger partial charge in [-0.3, -0.25) is 19.4 Å². The van der Waals surface area contributed by atoms with Crippen molar-refractivity contribution in [2.75, 3.05) is 32.4 Å². The molecule has 0 aromatic heterocycles. The number of Topliss-reactive ketones (excluding diaryl/α,β-unsaturated/α-hetero) is 1. The normalized spacial score (nSPS) is 16.9. The second kappa shape index (κ2) is 11.4. The largest absolute Gasteiger partial charge is 0.493 e. The Kier molecular flexibility index (Phi) is 8.33. The van der Waals surface area contributed by atoms with Gasteiger partial charge in [-0.1, -0.05) is 11.8 Å². The van der Waals surface area contributed by atoms with E-state index in [0.717, 1.165) is 11.8 Å². The average molecular weight is 497 g/mol. The van der Waals surface area contributed by atoms with E-state index in [1.54, 1.807) is 36.4 Å². The first-order chi connectivity index (χ1) is 16.8. The average Bonchev–Trinajstić information content (AvgIpc) is 2.86. The van der Waals surface area contributed by atoms with Gasteiger partial charge in [-0.2, -0.15) is 5.26 Å². The first-order valence-corrected chi connectivity index (χ1v) is 11.4. The predicted molar refractivity (Wildman–Crippen MR) is 131 cm³/mol. The number of thioether (sulfide) groups is 1. The molecule has 3 rings (SSSR count). The number of aliphatic imine (C=N–C) groups is 1. The highest BCUT2D eigenvalue weighted by Gasteiger charge is 2.36. The highest BCUT2D eigenvalue weighted by Crippen LogP contribution is 2.42. The van der Waals surface area contributed by atoms with Crippen LogP contribution in [-0.2, 0) is 9.59 Å². The Bertz CT molecular complexity index is 1180. The summed E-state index contributed by atoms with van der Waals surface area (Å²) >= 11 is 1.03. The summed E-state index contributed by atoms with van der Waals surface area (Å²) in [5.74, 6) is -0.935. The van der Waals surface area contributed by atoms with Gasteiger partial charge in [-0.15, -0.1) is 0 Å². The van der Waals surface area contributed by atoms with Gasteiger partial charge in [0.2, 0.25) is 17.6 Å². The maximum absolute atomic E-state index is 12.6. The number of methoxy groups -OCH3 is 3. The van der Waals surface area contributed by atoms with Crippen LogP contribution in [0.3, 0.4) is 0 Å². The Morgan fingerprint density at radius 1 is 1.11 bits per heavy atom. The van der Waals surface area contributed by atoms with Crippen molar-refractivity contribution in [1.29, 1.82) is 5.26 Å². The molecule has 2 amide bonds. The number of nitrogens with zero attached hydrogens (tertiary/aromatic N) is 2. The molecular formula is C24H24N4O6S. The Morgan fingerprint density at radius 2 is 1.74 bits per heavy atom. The third-order valence-electron chi connectivity index (χ3n) is 5.17. The lowest BCUT2D eigenvalue weighted by molar-refractivity contribution is -0.123. The van der Waals surface area contributed by atoms with Gasteiger partial charge < -0.3 is 24.8 Å². The number of amides is 2. The Labute approximate surface area is 206 Å². The number of ketones is 1. The zero-order chi connectivity index (χ0) is 25.5. The van der Waals surface area contributed by atoms with Crippen molar-refractivity contribution in [2.45, 2.75) is 13.0 Å². The summed E-state index contributed by atoms with van der Waals surface area (Å²) in [5, 5.41) is 15.1. The van der Waals surface area contributed by atoms with Crippen molar-refractivity contribution in [3.05, 3.63) is 47.5 Å². The van der Waals surface area contributed by atoms with Crippen LogP contribution in [-0.4, -0.2) is 49.8 Å². The topological polar surface area (TPSA) is 139 Å². The number of anilines is 1. The molecule has 11 heteroatoms. The van der Waals surface area contributed by atoms with E-state index in [-0.39, 0.29) is 22.6 Å². The molecule has 2 unspecified atom stereocenters. The van der Waals surface area contributed by atoms with Gasteiger partial charge in [-0.25, -0.2) is 0 Å². The number of hydrogen-bond donors (Lipinski definition) is 2. The summed E-state index contributed by atoms with van der Waals surface area (Å²) < 4.78 is 16.1. The van der Waals surface area contributed by atoms with Crippen LogP contribution in [0.15, 0.2) is 41.4 Å². The van der Waals surface area contributed by atoms with Crippen molar-refractivity contribution in [1.82, 2.24) is 5.32 Å². The van der Waals surface area contributed by atoms with Crippen LogP contribution >= 0.6 is 11.8 Å². The quantitative estimate of drug-likeness (QED) is 0.532. The molecular weight excluding hydrogens is 472 g/mol. The van der Waals surface area contributed by atoms with E-state index in [2.05, 4.69) is 15.6 Å². The number of carbonyl (C=O) groups is 3. The van der Waals surface area contributed by atoms with E-state index in [4.69, 9.17) is 14.2 Å². The zero-order valence-electron chi connectivity index (χ0n) is 19.6. The predicted octanol–water partition coefficient (Wildman–Crippen LogP) is 2.95. The zero-order valence-corrected chi connectivity index (χ0v) is 20.4. The number of carbonyl (C=O) groups excluding carboxylic acids is 3. The van der Waals surface area contributed by atoms with Crippen LogP contribution in [0, 0.1) is 17.2 Å². The number of ether oxygens (including phenoxy) is 3. The monoisotopic (exact) mass is 496 g/mol. The van der Waals surface area contributed by atoms with E-state index < -0.39 is 17.9 Å². The van der Waals surface area contributed by atoms with Crippen LogP contribution in [0.4, 0.5) is 5.69 Å². The number of amidine groups is 1. The van der Waals surface area contributed by atoms with Crippen LogP contribution in [0.1, 0.15) is 28.9 Å². The van der Waals surface area contributed by atoms with Gasteiger partial charge in [0.25, 0.3) is 0 Å². The number of nitriles is 1. The minimum Gasteiger partial charge on any atom is -0.493 e. The van der Waals surface area contributed by atoms with Crippen LogP contribution in [0.25, 0.3) is 0 Å². The first-order valence-electron chi connectivity index (χ1n) is 10.4. The summed E-state index contributed by atoms with van der Waals surface area (Å²) in [6.45, 7) is 1.46. The minimum atomic E-state index is -1.09. The molecule has 2 atom stereocenters. The molecule has 0 spiro atoms. The lowest BCUT2D eigenvalue weighted by Gasteiger charge is -2.26. The second-order valence-electron chi connectivity index (χ2n) is 7.40. The third-order valence-corrected chi connectivity index (χ3v) is 6.05. The summed E-state index contributed by atoms with van der Waals surface area (Å²) in [6, 6.07) is 10.9. The van der Waals surface area contributed by atoms with E-state index in [0.29, 0.717) is 34.1 Å². The first kappa shape index (κ1) is 25.6. The Morgan fingerprint density at radius 3 is 2.26 bits per heavy atom. The van der Waals surface area contributed by atoms with E-state index in [1.807, 2.05) is 6.07 Å². The lowest BCUT2D eigenvalue weighted by atomic mass is 9.92. The number of nitrogens with one attached hydrogen (secondary N) is 2. The van der Waals surface area contributed by atoms with Crippen LogP contribution in [0.2, 0.25) is 0 Å². The second-order valence-corrected chi connectivity index (χ2v) is 8.37. The maximum Gasteiger partial charge on any atom is 0.245 e. The summed E-state index contributed by atoms with van der Waals surface area (Å²) in [4.78, 5) is 40.9. The molecule has 10 nitrogen and oxygen atoms in total. The molecule has 0 saturated heterocycles. The van der Waals surface area contributed by atoms with Gasteiger partial charge in [0.05, 0.1) is 33.2 Å². The fourth-order valence-electron chi connectivity index (χ4n) is 3.42. The minimum absolute atomic E-state index is 0.0350. The fourth-order valence-corrected chi connectivity index (χ4v) is 4.12. The molecule has 182 valence electrons. The van der Waals surface area contributed by atoms with Gasteiger partial charge in [-0.05, 0) is 48.9 Å². The van der Waals surface area contributed by atoms with Crippen molar-refractivity contribution < 1.29 is 28.6 Å². The van der Waals surface area contributed by atoms with Gasteiger partial charge >= 0.3 is 0 Å². The highest BCUT2D eigenvalue weighted by atomic mass is 32.2. The molecule has 35 heavy (non-hydrogen) atoms.